The summed E-state index contributed by atoms with van der Waals surface area (Å²) in [5.41, 5.74) is 2.90. The van der Waals surface area contributed by atoms with E-state index in [0.29, 0.717) is 17.9 Å². The van der Waals surface area contributed by atoms with Crippen LogP contribution >= 0.6 is 0 Å². The Labute approximate surface area is 161 Å². The molecule has 0 aliphatic carbocycles. The van der Waals surface area contributed by atoms with E-state index < -0.39 is 12.1 Å². The van der Waals surface area contributed by atoms with E-state index in [1.54, 1.807) is 36.3 Å². The Kier molecular flexibility index (Phi) is 4.97. The van der Waals surface area contributed by atoms with Crippen LogP contribution in [0.5, 0.6) is 5.75 Å². The van der Waals surface area contributed by atoms with Crippen molar-refractivity contribution in [1.82, 2.24) is 20.0 Å². The number of aromatic nitrogens is 4. The molecular weight excluding hydrogens is 356 g/mol. The first-order chi connectivity index (χ1) is 13.7. The van der Waals surface area contributed by atoms with Crippen LogP contribution in [0, 0.1) is 0 Å². The number of pyridine rings is 1. The maximum absolute atomic E-state index is 12.6. The van der Waals surface area contributed by atoms with Crippen molar-refractivity contribution in [1.29, 1.82) is 0 Å². The largest absolute Gasteiger partial charge is 0.497 e. The van der Waals surface area contributed by atoms with Crippen molar-refractivity contribution >= 4 is 17.0 Å². The van der Waals surface area contributed by atoms with Gasteiger partial charge in [0, 0.05) is 12.4 Å². The minimum absolute atomic E-state index is 0.324. The van der Waals surface area contributed by atoms with Gasteiger partial charge in [0.1, 0.15) is 17.4 Å². The van der Waals surface area contributed by atoms with Gasteiger partial charge in [-0.15, -0.1) is 5.10 Å². The lowest BCUT2D eigenvalue weighted by molar-refractivity contribution is 0.0248. The number of benzene rings is 2. The number of para-hydroxylation sites is 1. The Morgan fingerprint density at radius 3 is 2.71 bits per heavy atom. The zero-order valence-electron chi connectivity index (χ0n) is 15.2. The lowest BCUT2D eigenvalue weighted by Crippen LogP contribution is -2.18. The predicted octanol–water partition coefficient (Wildman–Crippen LogP) is 3.43. The number of esters is 1. The number of ether oxygens (including phenoxy) is 2. The second-order valence-electron chi connectivity index (χ2n) is 6.17. The van der Waals surface area contributed by atoms with Gasteiger partial charge in [0.15, 0.2) is 0 Å². The summed E-state index contributed by atoms with van der Waals surface area (Å²) in [7, 11) is 1.60. The molecule has 4 aromatic rings. The summed E-state index contributed by atoms with van der Waals surface area (Å²) in [5, 5.41) is 8.39. The summed E-state index contributed by atoms with van der Waals surface area (Å²) in [6.45, 7) is 0.324. The van der Waals surface area contributed by atoms with Crippen LogP contribution in [0.25, 0.3) is 11.0 Å². The van der Waals surface area contributed by atoms with Crippen LogP contribution in [-0.2, 0) is 11.3 Å². The third-order valence-corrected chi connectivity index (χ3v) is 4.39. The number of nitrogens with zero attached hydrogens (tertiary/aromatic N) is 4. The summed E-state index contributed by atoms with van der Waals surface area (Å²) in [5.74, 6) is 0.255. The van der Waals surface area contributed by atoms with E-state index in [1.807, 2.05) is 48.5 Å². The number of carbonyl (C=O) groups is 1. The zero-order valence-corrected chi connectivity index (χ0v) is 15.2. The molecule has 2 heterocycles. The van der Waals surface area contributed by atoms with Crippen LogP contribution in [0.1, 0.15) is 22.0 Å². The zero-order chi connectivity index (χ0) is 19.3. The summed E-state index contributed by atoms with van der Waals surface area (Å²) in [6, 6.07) is 18.3. The molecule has 0 N–H and O–H groups in total. The van der Waals surface area contributed by atoms with Gasteiger partial charge in [-0.2, -0.15) is 0 Å². The number of methoxy groups -OCH3 is 1. The van der Waals surface area contributed by atoms with Gasteiger partial charge in [-0.25, -0.2) is 9.48 Å². The molecule has 0 bridgehead atoms. The van der Waals surface area contributed by atoms with E-state index in [1.165, 1.54) is 0 Å². The highest BCUT2D eigenvalue weighted by molar-refractivity contribution is 5.89. The lowest BCUT2D eigenvalue weighted by Gasteiger charge is -2.19. The molecule has 0 fully saturated rings. The maximum atomic E-state index is 12.6. The van der Waals surface area contributed by atoms with Crippen molar-refractivity contribution in [3.05, 3.63) is 84.2 Å². The van der Waals surface area contributed by atoms with Gasteiger partial charge >= 0.3 is 5.97 Å². The first kappa shape index (κ1) is 17.7. The second-order valence-corrected chi connectivity index (χ2v) is 6.17. The molecule has 7 heteroatoms. The van der Waals surface area contributed by atoms with Crippen LogP contribution in [0.4, 0.5) is 0 Å². The Hall–Kier alpha value is -3.74. The summed E-state index contributed by atoms with van der Waals surface area (Å²) in [4.78, 5) is 16.6. The highest BCUT2D eigenvalue weighted by atomic mass is 16.5. The number of hydrogen-bond donors (Lipinski definition) is 0. The van der Waals surface area contributed by atoms with Crippen molar-refractivity contribution in [3.8, 4) is 5.75 Å². The maximum Gasteiger partial charge on any atom is 0.338 e. The molecule has 0 radical (unpaired) electrons. The highest BCUT2D eigenvalue weighted by Gasteiger charge is 2.21. The second kappa shape index (κ2) is 7.87. The molecule has 0 spiro atoms. The van der Waals surface area contributed by atoms with Gasteiger partial charge in [-0.3, -0.25) is 4.98 Å². The van der Waals surface area contributed by atoms with Gasteiger partial charge in [0.2, 0.25) is 0 Å². The summed E-state index contributed by atoms with van der Waals surface area (Å²) in [6.07, 6.45) is 2.55. The molecule has 140 valence electrons. The highest BCUT2D eigenvalue weighted by Crippen LogP contribution is 2.26. The number of hydrogen-bond acceptors (Lipinski definition) is 6. The standard InChI is InChI=1S/C21H18N4O3/c1-27-17-6-4-5-16(13-17)20(28-21(26)15-9-11-22-12-10-15)14-25-19-8-3-2-7-18(19)23-24-25/h2-13,20H,14H2,1H3. The third kappa shape index (κ3) is 3.68. The van der Waals surface area contributed by atoms with Crippen molar-refractivity contribution in [2.24, 2.45) is 0 Å². The number of fused-ring (bicyclic) bond motifs is 1. The molecule has 0 saturated carbocycles. The van der Waals surface area contributed by atoms with Gasteiger partial charge in [-0.05, 0) is 42.0 Å². The predicted molar refractivity (Wildman–Crippen MR) is 103 cm³/mol. The van der Waals surface area contributed by atoms with Crippen molar-refractivity contribution in [2.75, 3.05) is 7.11 Å². The minimum Gasteiger partial charge on any atom is -0.497 e. The Morgan fingerprint density at radius 1 is 1.07 bits per heavy atom. The lowest BCUT2D eigenvalue weighted by atomic mass is 10.1. The molecule has 7 nitrogen and oxygen atoms in total. The fourth-order valence-corrected chi connectivity index (χ4v) is 2.95. The Bertz CT molecular complexity index is 1090. The molecule has 1 atom stereocenters. The van der Waals surface area contributed by atoms with E-state index in [-0.39, 0.29) is 0 Å². The van der Waals surface area contributed by atoms with Crippen LogP contribution in [0.3, 0.4) is 0 Å². The molecule has 2 aromatic carbocycles. The van der Waals surface area contributed by atoms with E-state index >= 15 is 0 Å². The molecular formula is C21H18N4O3. The van der Waals surface area contributed by atoms with E-state index in [0.717, 1.165) is 16.6 Å². The summed E-state index contributed by atoms with van der Waals surface area (Å²) >= 11 is 0. The molecule has 0 amide bonds. The average molecular weight is 374 g/mol. The minimum atomic E-state index is -0.569. The monoisotopic (exact) mass is 374 g/mol. The van der Waals surface area contributed by atoms with E-state index in [2.05, 4.69) is 15.3 Å². The molecule has 2 aromatic heterocycles. The molecule has 0 aliphatic heterocycles. The first-order valence-corrected chi connectivity index (χ1v) is 8.78. The van der Waals surface area contributed by atoms with Crippen molar-refractivity contribution in [3.63, 3.8) is 0 Å². The summed E-state index contributed by atoms with van der Waals surface area (Å²) < 4.78 is 12.9. The van der Waals surface area contributed by atoms with E-state index in [4.69, 9.17) is 9.47 Å². The Balaban J connectivity index is 1.67. The molecule has 0 saturated heterocycles. The van der Waals surface area contributed by atoms with Gasteiger partial charge in [0.25, 0.3) is 0 Å². The van der Waals surface area contributed by atoms with Gasteiger partial charge < -0.3 is 9.47 Å². The quantitative estimate of drug-likeness (QED) is 0.481. The van der Waals surface area contributed by atoms with Gasteiger partial charge in [-0.1, -0.05) is 29.5 Å². The molecule has 1 unspecified atom stereocenters. The van der Waals surface area contributed by atoms with Gasteiger partial charge in [0.05, 0.1) is 24.7 Å². The Morgan fingerprint density at radius 2 is 1.89 bits per heavy atom. The normalized spacial score (nSPS) is 11.9. The number of carbonyl (C=O) groups excluding carboxylic acids is 1. The van der Waals surface area contributed by atoms with Crippen molar-refractivity contribution in [2.45, 2.75) is 12.6 Å². The molecule has 4 rings (SSSR count). The fourth-order valence-electron chi connectivity index (χ4n) is 2.95. The average Bonchev–Trinajstić information content (AvgIpc) is 3.17. The van der Waals surface area contributed by atoms with Crippen LogP contribution in [-0.4, -0.2) is 33.1 Å². The smallest absolute Gasteiger partial charge is 0.338 e. The van der Waals surface area contributed by atoms with Crippen molar-refractivity contribution < 1.29 is 14.3 Å². The SMILES string of the molecule is COc1cccc(C(Cn2nnc3ccccc32)OC(=O)c2ccncc2)c1. The molecule has 0 aliphatic rings. The first-order valence-electron chi connectivity index (χ1n) is 8.78. The fraction of sp³-hybridized carbons (Fsp3) is 0.143. The molecule has 28 heavy (non-hydrogen) atoms. The third-order valence-electron chi connectivity index (χ3n) is 4.39. The van der Waals surface area contributed by atoms with Crippen LogP contribution < -0.4 is 4.74 Å². The topological polar surface area (TPSA) is 79.1 Å². The van der Waals surface area contributed by atoms with E-state index in [9.17, 15) is 4.79 Å². The number of rotatable bonds is 6. The van der Waals surface area contributed by atoms with Crippen LogP contribution in [0.15, 0.2) is 73.1 Å². The van der Waals surface area contributed by atoms with Crippen LogP contribution in [0.2, 0.25) is 0 Å².